The molecule has 0 nitrogen and oxygen atoms in total. The minimum Gasteiger partial charge on any atom is -0.160 e. The zero-order chi connectivity index (χ0) is 14.6. The van der Waals surface area contributed by atoms with Crippen LogP contribution >= 0.6 is 11.8 Å². The first kappa shape index (κ1) is 15.3. The van der Waals surface area contributed by atoms with Crippen molar-refractivity contribution >= 4 is 11.8 Å². The second-order valence-corrected chi connectivity index (χ2v) is 6.05. The van der Waals surface area contributed by atoms with Gasteiger partial charge in [0.2, 0.25) is 0 Å². The van der Waals surface area contributed by atoms with Crippen LogP contribution in [0.15, 0.2) is 23.1 Å². The maximum absolute atomic E-state index is 12.6. The molecule has 0 radical (unpaired) electrons. The molecule has 1 aromatic carbocycles. The van der Waals surface area contributed by atoms with Crippen molar-refractivity contribution in [3.63, 3.8) is 0 Å². The van der Waals surface area contributed by atoms with E-state index in [1.807, 2.05) is 13.0 Å². The fraction of sp³-hybridized carbons (Fsp3) is 0.500. The molecule has 0 bridgehead atoms. The average molecular weight is 298 g/mol. The summed E-state index contributed by atoms with van der Waals surface area (Å²) >= 11 is -0.0631. The molecule has 1 aromatic rings. The first-order valence-corrected chi connectivity index (χ1v) is 7.70. The third kappa shape index (κ3) is 4.21. The lowest BCUT2D eigenvalue weighted by Crippen LogP contribution is -2.02. The molecule has 0 amide bonds. The molecule has 1 saturated carbocycles. The zero-order valence-corrected chi connectivity index (χ0v) is 12.2. The summed E-state index contributed by atoms with van der Waals surface area (Å²) in [6, 6.07) is 5.04. The Bertz CT molecular complexity index is 517. The highest BCUT2D eigenvalue weighted by molar-refractivity contribution is 8.00. The van der Waals surface area contributed by atoms with Crippen molar-refractivity contribution in [3.05, 3.63) is 29.3 Å². The predicted octanol–water partition coefficient (Wildman–Crippen LogP) is 5.40. The summed E-state index contributed by atoms with van der Waals surface area (Å²) in [5.41, 5.74) is -2.81. The maximum atomic E-state index is 12.6. The van der Waals surface area contributed by atoms with Crippen LogP contribution in [0.5, 0.6) is 0 Å². The van der Waals surface area contributed by atoms with Crippen LogP contribution in [0.2, 0.25) is 0 Å². The molecule has 0 N–H and O–H groups in total. The summed E-state index contributed by atoms with van der Waals surface area (Å²) in [6.45, 7) is 1.94. The number of halogens is 3. The van der Waals surface area contributed by atoms with Crippen LogP contribution in [0.25, 0.3) is 0 Å². The lowest BCUT2D eigenvalue weighted by molar-refractivity contribution is -0.0328. The van der Waals surface area contributed by atoms with E-state index in [4.69, 9.17) is 0 Å². The summed E-state index contributed by atoms with van der Waals surface area (Å²) in [4.78, 5) is 0.224. The van der Waals surface area contributed by atoms with Gasteiger partial charge in [0.05, 0.1) is 0 Å². The highest BCUT2D eigenvalue weighted by atomic mass is 32.2. The van der Waals surface area contributed by atoms with Crippen molar-refractivity contribution in [1.82, 2.24) is 0 Å². The van der Waals surface area contributed by atoms with Crippen LogP contribution in [-0.2, 0) is 6.42 Å². The lowest BCUT2D eigenvalue weighted by atomic mass is 10.0. The van der Waals surface area contributed by atoms with Gasteiger partial charge in [-0.05, 0) is 42.7 Å². The zero-order valence-electron chi connectivity index (χ0n) is 11.4. The van der Waals surface area contributed by atoms with Crippen molar-refractivity contribution in [2.45, 2.75) is 49.4 Å². The lowest BCUT2D eigenvalue weighted by Gasteiger charge is -2.11. The Labute approximate surface area is 122 Å². The summed E-state index contributed by atoms with van der Waals surface area (Å²) in [5, 5.41) is 0. The predicted molar refractivity (Wildman–Crippen MR) is 76.6 cm³/mol. The topological polar surface area (TPSA) is 0 Å². The largest absolute Gasteiger partial charge is 0.446 e. The van der Waals surface area contributed by atoms with Crippen molar-refractivity contribution < 1.29 is 13.2 Å². The molecular weight excluding hydrogens is 281 g/mol. The molecule has 0 saturated heterocycles. The van der Waals surface area contributed by atoms with Crippen LogP contribution in [0.1, 0.15) is 43.7 Å². The van der Waals surface area contributed by atoms with Crippen LogP contribution in [0, 0.1) is 17.8 Å². The van der Waals surface area contributed by atoms with Gasteiger partial charge in [-0.15, -0.1) is 0 Å². The fourth-order valence-electron chi connectivity index (χ4n) is 2.47. The smallest absolute Gasteiger partial charge is 0.160 e. The molecule has 1 aliphatic carbocycles. The Morgan fingerprint density at radius 3 is 2.55 bits per heavy atom. The second kappa shape index (κ2) is 6.58. The highest BCUT2D eigenvalue weighted by Crippen LogP contribution is 2.39. The highest BCUT2D eigenvalue weighted by Gasteiger charge is 2.30. The fourth-order valence-corrected chi connectivity index (χ4v) is 3.15. The van der Waals surface area contributed by atoms with E-state index in [0.29, 0.717) is 17.9 Å². The van der Waals surface area contributed by atoms with Gasteiger partial charge in [0, 0.05) is 16.4 Å². The molecule has 2 rings (SSSR count). The average Bonchev–Trinajstić information content (AvgIpc) is 2.88. The van der Waals surface area contributed by atoms with E-state index in [1.54, 1.807) is 6.07 Å². The van der Waals surface area contributed by atoms with Crippen LogP contribution in [0.3, 0.4) is 0 Å². The number of benzene rings is 1. The van der Waals surface area contributed by atoms with Gasteiger partial charge in [0.15, 0.2) is 0 Å². The molecule has 0 aliphatic heterocycles. The van der Waals surface area contributed by atoms with E-state index in [1.165, 1.54) is 18.9 Å². The van der Waals surface area contributed by atoms with Gasteiger partial charge >= 0.3 is 5.51 Å². The Hall–Kier alpha value is -1.08. The van der Waals surface area contributed by atoms with Crippen molar-refractivity contribution in [2.24, 2.45) is 5.92 Å². The van der Waals surface area contributed by atoms with Crippen molar-refractivity contribution in [3.8, 4) is 11.8 Å². The van der Waals surface area contributed by atoms with Crippen molar-refractivity contribution in [1.29, 1.82) is 0 Å². The summed E-state index contributed by atoms with van der Waals surface area (Å²) < 4.78 is 37.8. The van der Waals surface area contributed by atoms with E-state index in [-0.39, 0.29) is 16.7 Å². The molecule has 0 atom stereocenters. The summed E-state index contributed by atoms with van der Waals surface area (Å²) in [7, 11) is 0. The molecule has 108 valence electrons. The standard InChI is InChI=1S/C16H17F3S/c1-2-13-8-5-9-15(20-16(17,18)19)14(13)11-10-12-6-3-4-7-12/h5,8-9,12H,2-4,6-7H2,1H3. The Balaban J connectivity index is 2.32. The Kier molecular flexibility index (Phi) is 5.04. The molecule has 1 aliphatic rings. The molecule has 20 heavy (non-hydrogen) atoms. The molecule has 0 aromatic heterocycles. The SMILES string of the molecule is CCc1cccc(SC(F)(F)F)c1C#CC1CCCC1. The number of hydrogen-bond acceptors (Lipinski definition) is 1. The van der Waals surface area contributed by atoms with Gasteiger partial charge in [-0.1, -0.05) is 43.7 Å². The second-order valence-electron chi connectivity index (χ2n) is 4.94. The normalized spacial score (nSPS) is 16.0. The summed E-state index contributed by atoms with van der Waals surface area (Å²) in [6.07, 6.45) is 5.20. The van der Waals surface area contributed by atoms with Gasteiger partial charge in [-0.3, -0.25) is 0 Å². The minimum atomic E-state index is -4.27. The molecule has 0 unspecified atom stereocenters. The van der Waals surface area contributed by atoms with E-state index in [0.717, 1.165) is 18.4 Å². The quantitative estimate of drug-likeness (QED) is 0.520. The van der Waals surface area contributed by atoms with Crippen molar-refractivity contribution in [2.75, 3.05) is 0 Å². The molecule has 1 fully saturated rings. The van der Waals surface area contributed by atoms with Crippen LogP contribution in [-0.4, -0.2) is 5.51 Å². The van der Waals surface area contributed by atoms with E-state index >= 15 is 0 Å². The first-order chi connectivity index (χ1) is 9.49. The molecule has 4 heteroatoms. The van der Waals surface area contributed by atoms with Gasteiger partial charge in [0.25, 0.3) is 0 Å². The third-order valence-corrected chi connectivity index (χ3v) is 4.27. The third-order valence-electron chi connectivity index (χ3n) is 3.48. The summed E-state index contributed by atoms with van der Waals surface area (Å²) in [5.74, 6) is 6.55. The van der Waals surface area contributed by atoms with E-state index in [9.17, 15) is 13.2 Å². The first-order valence-electron chi connectivity index (χ1n) is 6.89. The van der Waals surface area contributed by atoms with E-state index in [2.05, 4.69) is 11.8 Å². The Morgan fingerprint density at radius 1 is 1.25 bits per heavy atom. The van der Waals surface area contributed by atoms with E-state index < -0.39 is 5.51 Å². The molecule has 0 heterocycles. The maximum Gasteiger partial charge on any atom is 0.446 e. The van der Waals surface area contributed by atoms with Crippen LogP contribution in [0.4, 0.5) is 13.2 Å². The molecule has 0 spiro atoms. The number of alkyl halides is 3. The van der Waals surface area contributed by atoms with Gasteiger partial charge in [0.1, 0.15) is 0 Å². The Morgan fingerprint density at radius 2 is 1.95 bits per heavy atom. The number of thioether (sulfide) groups is 1. The number of aryl methyl sites for hydroxylation is 1. The minimum absolute atomic E-state index is 0.0631. The van der Waals surface area contributed by atoms with Crippen LogP contribution < -0.4 is 0 Å². The number of rotatable bonds is 2. The molecular formula is C16H17F3S. The monoisotopic (exact) mass is 298 g/mol. The van der Waals surface area contributed by atoms with Gasteiger partial charge in [-0.25, -0.2) is 0 Å². The van der Waals surface area contributed by atoms with Gasteiger partial charge < -0.3 is 0 Å². The van der Waals surface area contributed by atoms with Gasteiger partial charge in [-0.2, -0.15) is 13.2 Å². The number of hydrogen-bond donors (Lipinski definition) is 0.